The summed E-state index contributed by atoms with van der Waals surface area (Å²) in [6.07, 6.45) is 0.162. The van der Waals surface area contributed by atoms with Gasteiger partial charge < -0.3 is 9.84 Å². The standard InChI is InChI=1S/C13H17N3O3/c1-13(2,3)19-10-6-4-9(5-7-10)8-11(12(17)18)15-16-14/h4-7,11H,8H2,1-3H3,(H,17,18)/t11-/m1/s1. The third kappa shape index (κ3) is 5.31. The molecule has 0 unspecified atom stereocenters. The molecule has 1 aromatic rings. The lowest BCUT2D eigenvalue weighted by Crippen LogP contribution is -2.23. The Labute approximate surface area is 111 Å². The Morgan fingerprint density at radius 1 is 1.42 bits per heavy atom. The molecule has 1 N–H and O–H groups in total. The molecular weight excluding hydrogens is 246 g/mol. The maximum Gasteiger partial charge on any atom is 0.312 e. The number of carboxylic acids is 1. The first-order valence-corrected chi connectivity index (χ1v) is 5.87. The van der Waals surface area contributed by atoms with Crippen LogP contribution in [0.15, 0.2) is 29.4 Å². The van der Waals surface area contributed by atoms with Crippen LogP contribution in [0, 0.1) is 0 Å². The van der Waals surface area contributed by atoms with E-state index in [0.29, 0.717) is 5.75 Å². The highest BCUT2D eigenvalue weighted by Crippen LogP contribution is 2.19. The van der Waals surface area contributed by atoms with Crippen molar-refractivity contribution < 1.29 is 14.6 Å². The van der Waals surface area contributed by atoms with Gasteiger partial charge in [0.1, 0.15) is 17.4 Å². The van der Waals surface area contributed by atoms with Crippen molar-refractivity contribution in [1.29, 1.82) is 0 Å². The van der Waals surface area contributed by atoms with Crippen molar-refractivity contribution in [3.05, 3.63) is 40.3 Å². The number of rotatable bonds is 5. The summed E-state index contributed by atoms with van der Waals surface area (Å²) in [6, 6.07) is 6.00. The smallest absolute Gasteiger partial charge is 0.312 e. The zero-order chi connectivity index (χ0) is 14.5. The molecule has 0 aliphatic heterocycles. The van der Waals surface area contributed by atoms with Crippen molar-refractivity contribution in [2.75, 3.05) is 0 Å². The second kappa shape index (κ2) is 6.11. The van der Waals surface area contributed by atoms with Crippen LogP contribution >= 0.6 is 0 Å². The van der Waals surface area contributed by atoms with Crippen molar-refractivity contribution in [3.63, 3.8) is 0 Å². The number of hydrogen-bond acceptors (Lipinski definition) is 3. The summed E-state index contributed by atoms with van der Waals surface area (Å²) in [5.41, 5.74) is 8.81. The van der Waals surface area contributed by atoms with Crippen molar-refractivity contribution in [2.24, 2.45) is 5.11 Å². The molecule has 0 saturated heterocycles. The fourth-order valence-corrected chi connectivity index (χ4v) is 1.51. The number of carboxylic acid groups (broad SMARTS) is 1. The molecule has 102 valence electrons. The molecule has 0 heterocycles. The van der Waals surface area contributed by atoms with Crippen LogP contribution in [-0.2, 0) is 11.2 Å². The fourth-order valence-electron chi connectivity index (χ4n) is 1.51. The molecule has 0 radical (unpaired) electrons. The Hall–Kier alpha value is -2.20. The van der Waals surface area contributed by atoms with Crippen molar-refractivity contribution in [3.8, 4) is 5.75 Å². The van der Waals surface area contributed by atoms with Gasteiger partial charge >= 0.3 is 5.97 Å². The van der Waals surface area contributed by atoms with Crippen LogP contribution < -0.4 is 4.74 Å². The van der Waals surface area contributed by atoms with Gasteiger partial charge in [-0.1, -0.05) is 17.2 Å². The lowest BCUT2D eigenvalue weighted by molar-refractivity contribution is -0.138. The van der Waals surface area contributed by atoms with E-state index in [-0.39, 0.29) is 12.0 Å². The number of carbonyl (C=O) groups is 1. The summed E-state index contributed by atoms with van der Waals surface area (Å²) in [5.74, 6) is -0.417. The fraction of sp³-hybridized carbons (Fsp3) is 0.462. The van der Waals surface area contributed by atoms with E-state index in [1.807, 2.05) is 20.8 Å². The zero-order valence-corrected chi connectivity index (χ0v) is 11.2. The topological polar surface area (TPSA) is 95.3 Å². The highest BCUT2D eigenvalue weighted by atomic mass is 16.5. The SMILES string of the molecule is CC(C)(C)Oc1ccc(C[C@@H](N=[N+]=[N-])C(=O)O)cc1. The number of hydrogen-bond donors (Lipinski definition) is 1. The van der Waals surface area contributed by atoms with Crippen LogP contribution in [0.5, 0.6) is 5.75 Å². The number of ether oxygens (including phenoxy) is 1. The highest BCUT2D eigenvalue weighted by Gasteiger charge is 2.16. The number of azide groups is 1. The highest BCUT2D eigenvalue weighted by molar-refractivity contribution is 5.74. The minimum absolute atomic E-state index is 0.162. The minimum atomic E-state index is -1.13. The van der Waals surface area contributed by atoms with E-state index in [9.17, 15) is 4.79 Å². The predicted molar refractivity (Wildman–Crippen MR) is 71.1 cm³/mol. The van der Waals surface area contributed by atoms with Crippen LogP contribution in [0.4, 0.5) is 0 Å². The number of benzene rings is 1. The van der Waals surface area contributed by atoms with E-state index in [4.69, 9.17) is 15.4 Å². The summed E-state index contributed by atoms with van der Waals surface area (Å²) in [5, 5.41) is 12.1. The summed E-state index contributed by atoms with van der Waals surface area (Å²) in [7, 11) is 0. The first-order valence-electron chi connectivity index (χ1n) is 5.87. The van der Waals surface area contributed by atoms with E-state index in [1.54, 1.807) is 24.3 Å². The van der Waals surface area contributed by atoms with Crippen LogP contribution in [0.2, 0.25) is 0 Å². The molecule has 1 aromatic carbocycles. The Kier molecular flexibility index (Phi) is 4.78. The van der Waals surface area contributed by atoms with Crippen LogP contribution in [0.25, 0.3) is 10.4 Å². The van der Waals surface area contributed by atoms with Crippen molar-refractivity contribution in [1.82, 2.24) is 0 Å². The van der Waals surface area contributed by atoms with E-state index >= 15 is 0 Å². The molecule has 6 heteroatoms. The van der Waals surface area contributed by atoms with Crippen molar-refractivity contribution >= 4 is 5.97 Å². The van der Waals surface area contributed by atoms with Crippen LogP contribution in [0.1, 0.15) is 26.3 Å². The molecule has 1 atom stereocenters. The maximum absolute atomic E-state index is 10.9. The Balaban J connectivity index is 2.76. The van der Waals surface area contributed by atoms with E-state index < -0.39 is 12.0 Å². The molecule has 0 aliphatic carbocycles. The molecule has 1 rings (SSSR count). The average Bonchev–Trinajstić information content (AvgIpc) is 2.29. The second-order valence-corrected chi connectivity index (χ2v) is 5.12. The second-order valence-electron chi connectivity index (χ2n) is 5.12. The molecule has 0 amide bonds. The molecule has 0 spiro atoms. The monoisotopic (exact) mass is 263 g/mol. The lowest BCUT2D eigenvalue weighted by Gasteiger charge is -2.21. The molecule has 19 heavy (non-hydrogen) atoms. The third-order valence-electron chi connectivity index (χ3n) is 2.25. The first kappa shape index (κ1) is 14.9. The van der Waals surface area contributed by atoms with Gasteiger partial charge in [-0.2, -0.15) is 0 Å². The summed E-state index contributed by atoms with van der Waals surface area (Å²) >= 11 is 0. The van der Waals surface area contributed by atoms with Gasteiger partial charge in [0, 0.05) is 4.91 Å². The van der Waals surface area contributed by atoms with Crippen LogP contribution in [0.3, 0.4) is 0 Å². The van der Waals surface area contributed by atoms with Gasteiger partial charge in [0.05, 0.1) is 0 Å². The normalized spacial score (nSPS) is 12.4. The van der Waals surface area contributed by atoms with Crippen LogP contribution in [-0.4, -0.2) is 22.7 Å². The molecule has 0 aromatic heterocycles. The van der Waals surface area contributed by atoms with Gasteiger partial charge in [0.15, 0.2) is 0 Å². The first-order chi connectivity index (χ1) is 8.81. The quantitative estimate of drug-likeness (QED) is 0.502. The van der Waals surface area contributed by atoms with Gasteiger partial charge in [-0.05, 0) is 50.4 Å². The molecule has 0 saturated carbocycles. The number of aliphatic carboxylic acids is 1. The Morgan fingerprint density at radius 3 is 2.42 bits per heavy atom. The summed E-state index contributed by atoms with van der Waals surface area (Å²) in [6.45, 7) is 5.84. The summed E-state index contributed by atoms with van der Waals surface area (Å²) < 4.78 is 5.66. The Morgan fingerprint density at radius 2 is 2.00 bits per heavy atom. The molecule has 0 fully saturated rings. The average molecular weight is 263 g/mol. The van der Waals surface area contributed by atoms with Gasteiger partial charge in [-0.3, -0.25) is 4.79 Å². The van der Waals surface area contributed by atoms with Crippen molar-refractivity contribution in [2.45, 2.75) is 38.8 Å². The van der Waals surface area contributed by atoms with Gasteiger partial charge in [-0.25, -0.2) is 0 Å². The zero-order valence-electron chi connectivity index (χ0n) is 11.2. The van der Waals surface area contributed by atoms with E-state index in [1.165, 1.54) is 0 Å². The predicted octanol–water partition coefficient (Wildman–Crippen LogP) is 3.17. The van der Waals surface area contributed by atoms with E-state index in [2.05, 4.69) is 10.0 Å². The largest absolute Gasteiger partial charge is 0.488 e. The van der Waals surface area contributed by atoms with Gasteiger partial charge in [-0.15, -0.1) is 0 Å². The number of nitrogens with zero attached hydrogens (tertiary/aromatic N) is 3. The Bertz CT molecular complexity index is 483. The molecule has 0 bridgehead atoms. The van der Waals surface area contributed by atoms with Gasteiger partial charge in [0.2, 0.25) is 0 Å². The van der Waals surface area contributed by atoms with Gasteiger partial charge in [0.25, 0.3) is 0 Å². The lowest BCUT2D eigenvalue weighted by atomic mass is 10.1. The molecule has 6 nitrogen and oxygen atoms in total. The van der Waals surface area contributed by atoms with E-state index in [0.717, 1.165) is 5.56 Å². The molecular formula is C13H17N3O3. The third-order valence-corrected chi connectivity index (χ3v) is 2.25. The molecule has 0 aliphatic rings. The maximum atomic E-state index is 10.9. The summed E-state index contributed by atoms with van der Waals surface area (Å²) in [4.78, 5) is 13.4. The minimum Gasteiger partial charge on any atom is -0.488 e.